The van der Waals surface area contributed by atoms with Crippen LogP contribution in [0.3, 0.4) is 0 Å². The van der Waals surface area contributed by atoms with Crippen LogP contribution in [-0.4, -0.2) is 60.5 Å². The third-order valence-electron chi connectivity index (χ3n) is 5.94. The molecule has 0 bridgehead atoms. The van der Waals surface area contributed by atoms with Gasteiger partial charge in [-0.2, -0.15) is 0 Å². The van der Waals surface area contributed by atoms with Gasteiger partial charge < -0.3 is 23.0 Å². The summed E-state index contributed by atoms with van der Waals surface area (Å²) < 4.78 is 26.5. The van der Waals surface area contributed by atoms with E-state index in [0.717, 1.165) is 17.5 Å². The minimum atomic E-state index is -1.73. The maximum Gasteiger partial charge on any atom is 0.491 e. The Morgan fingerprint density at radius 2 is 1.14 bits per heavy atom. The molecular weight excluding hydrogens is 280 g/mol. The second-order valence-corrected chi connectivity index (χ2v) is 9.90. The Morgan fingerprint density at radius 3 is 1.50 bits per heavy atom. The Labute approximate surface area is 135 Å². The lowest BCUT2D eigenvalue weighted by atomic mass is 9.35. The number of fused-ring (bicyclic) bond motifs is 1. The highest BCUT2D eigenvalue weighted by atomic mass is 16.7. The normalized spacial score (nSPS) is 44.3. The number of rotatable bonds is 1. The molecule has 0 spiro atoms. The first-order valence-electron chi connectivity index (χ1n) is 8.39. The highest BCUT2D eigenvalue weighted by Gasteiger charge is 2.75. The van der Waals surface area contributed by atoms with Crippen LogP contribution in [0.5, 0.6) is 0 Å². The van der Waals surface area contributed by atoms with Crippen molar-refractivity contribution in [3.63, 3.8) is 0 Å². The maximum atomic E-state index is 6.53. The van der Waals surface area contributed by atoms with Crippen molar-refractivity contribution in [1.29, 1.82) is 0 Å². The summed E-state index contributed by atoms with van der Waals surface area (Å²) in [5.74, 6) is 0. The Morgan fingerprint density at radius 1 is 0.773 bits per heavy atom. The van der Waals surface area contributed by atoms with E-state index in [1.807, 2.05) is 0 Å². The van der Waals surface area contributed by atoms with Crippen LogP contribution < -0.4 is 0 Å². The summed E-state index contributed by atoms with van der Waals surface area (Å²) in [5.41, 5.74) is -1.25. The van der Waals surface area contributed by atoms with Gasteiger partial charge in [-0.15, -0.1) is 0 Å². The number of hydrogen-bond acceptors (Lipinski definition) is 4. The van der Waals surface area contributed by atoms with Crippen LogP contribution in [0.25, 0.3) is 0 Å². The van der Waals surface area contributed by atoms with Crippen LogP contribution in [0.2, 0.25) is 0 Å². The van der Waals surface area contributed by atoms with Crippen molar-refractivity contribution in [1.82, 2.24) is 0 Å². The van der Waals surface area contributed by atoms with E-state index in [4.69, 9.17) is 18.6 Å². The van der Waals surface area contributed by atoms with E-state index in [1.165, 1.54) is 0 Å². The summed E-state index contributed by atoms with van der Waals surface area (Å²) in [7, 11) is 1.74. The SMILES string of the molecule is CC1(C)C[N+]2(C)CC(C)(C)O[B-]2(B2OC(C)(C)C(C)(C)O2)O1. The highest BCUT2D eigenvalue weighted by molar-refractivity contribution is 7.19. The van der Waals surface area contributed by atoms with Crippen molar-refractivity contribution in [2.24, 2.45) is 0 Å². The molecule has 5 nitrogen and oxygen atoms in total. The van der Waals surface area contributed by atoms with Crippen LogP contribution >= 0.6 is 0 Å². The standard InChI is InChI=1S/C15H31B2NO4/c1-12(2)10-18(9)11-13(3,4)22-17(18,21-12)16-19-14(5,6)15(7,8)20-16/h10-11H2,1-9H3. The Bertz CT molecular complexity index is 468. The number of likely N-dealkylation sites (N-methyl/N-ethyl adjacent to an activating group) is 1. The quantitative estimate of drug-likeness (QED) is 0.696. The molecule has 0 unspecified atom stereocenters. The molecule has 3 aliphatic heterocycles. The molecule has 0 amide bonds. The van der Waals surface area contributed by atoms with Crippen LogP contribution in [-0.2, 0) is 18.6 Å². The average Bonchev–Trinajstić information content (AvgIpc) is 2.61. The molecule has 0 aliphatic carbocycles. The summed E-state index contributed by atoms with van der Waals surface area (Å²) >= 11 is 0. The van der Waals surface area contributed by atoms with E-state index < -0.39 is 13.6 Å². The fourth-order valence-electron chi connectivity index (χ4n) is 4.78. The van der Waals surface area contributed by atoms with Gasteiger partial charge in [0.05, 0.1) is 35.5 Å². The molecule has 22 heavy (non-hydrogen) atoms. The molecule has 3 heterocycles. The molecule has 0 saturated carbocycles. The van der Waals surface area contributed by atoms with Crippen molar-refractivity contribution in [2.45, 2.75) is 77.8 Å². The number of nitrogens with zero attached hydrogens (tertiary/aromatic N) is 1. The molecule has 0 atom stereocenters. The first-order valence-corrected chi connectivity index (χ1v) is 8.39. The lowest BCUT2D eigenvalue weighted by Crippen LogP contribution is -2.70. The van der Waals surface area contributed by atoms with E-state index in [9.17, 15) is 0 Å². The molecule has 3 fully saturated rings. The van der Waals surface area contributed by atoms with E-state index in [0.29, 0.717) is 0 Å². The molecule has 0 N–H and O–H groups in total. The van der Waals surface area contributed by atoms with Crippen molar-refractivity contribution in [3.8, 4) is 0 Å². The van der Waals surface area contributed by atoms with Crippen molar-refractivity contribution < 1.29 is 23.0 Å². The van der Waals surface area contributed by atoms with Gasteiger partial charge in [0.2, 0.25) is 0 Å². The van der Waals surface area contributed by atoms with Crippen LogP contribution in [0, 0.1) is 0 Å². The molecule has 0 aromatic carbocycles. The Kier molecular flexibility index (Phi) is 3.14. The molecule has 7 heteroatoms. The second-order valence-electron chi connectivity index (χ2n) is 9.90. The van der Waals surface area contributed by atoms with E-state index in [1.54, 1.807) is 0 Å². The topological polar surface area (TPSA) is 36.9 Å². The van der Waals surface area contributed by atoms with Crippen molar-refractivity contribution in [3.05, 3.63) is 0 Å². The Balaban J connectivity index is 2.03. The van der Waals surface area contributed by atoms with Gasteiger partial charge in [-0.05, 0) is 55.4 Å². The minimum Gasteiger partial charge on any atom is -0.509 e. The smallest absolute Gasteiger partial charge is 0.491 e. The van der Waals surface area contributed by atoms with Crippen LogP contribution in [0.1, 0.15) is 55.4 Å². The lowest BCUT2D eigenvalue weighted by Gasteiger charge is -2.44. The summed E-state index contributed by atoms with van der Waals surface area (Å²) in [4.78, 5) is 0. The number of quaternary nitrogens is 1. The van der Waals surface area contributed by atoms with Gasteiger partial charge in [0, 0.05) is 7.05 Å². The molecule has 0 radical (unpaired) electrons. The number of hydrogen-bond donors (Lipinski definition) is 0. The van der Waals surface area contributed by atoms with Crippen molar-refractivity contribution in [2.75, 3.05) is 20.1 Å². The zero-order valence-electron chi connectivity index (χ0n) is 15.6. The summed E-state index contributed by atoms with van der Waals surface area (Å²) in [5, 5.41) is 0. The molecule has 0 aromatic rings. The van der Waals surface area contributed by atoms with Crippen LogP contribution in [0.15, 0.2) is 0 Å². The first-order chi connectivity index (χ1) is 9.64. The fraction of sp³-hybridized carbons (Fsp3) is 1.00. The van der Waals surface area contributed by atoms with E-state index >= 15 is 0 Å². The molecule has 3 saturated heterocycles. The first kappa shape index (κ1) is 16.8. The fourth-order valence-corrected chi connectivity index (χ4v) is 4.78. The van der Waals surface area contributed by atoms with Gasteiger partial charge in [0.25, 0.3) is 0 Å². The second kappa shape index (κ2) is 4.12. The third kappa shape index (κ3) is 2.13. The van der Waals surface area contributed by atoms with E-state index in [-0.39, 0.29) is 22.4 Å². The van der Waals surface area contributed by atoms with Crippen LogP contribution in [0.4, 0.5) is 0 Å². The summed E-state index contributed by atoms with van der Waals surface area (Å²) in [6, 6.07) is 0. The van der Waals surface area contributed by atoms with Crippen molar-refractivity contribution >= 4 is 13.6 Å². The largest absolute Gasteiger partial charge is 0.509 e. The van der Waals surface area contributed by atoms with Gasteiger partial charge >= 0.3 is 13.6 Å². The van der Waals surface area contributed by atoms with Gasteiger partial charge in [0.15, 0.2) is 0 Å². The lowest BCUT2D eigenvalue weighted by molar-refractivity contribution is -0.803. The monoisotopic (exact) mass is 311 g/mol. The summed E-state index contributed by atoms with van der Waals surface area (Å²) in [6.45, 7) is 16.9. The zero-order chi connectivity index (χ0) is 16.8. The molecule has 3 aliphatic rings. The average molecular weight is 311 g/mol. The zero-order valence-corrected chi connectivity index (χ0v) is 15.6. The predicted octanol–water partition coefficient (Wildman–Crippen LogP) is 2.16. The Hall–Kier alpha value is -0.0701. The minimum absolute atomic E-state index is 0.241. The molecular formula is C15H31B2NO4. The van der Waals surface area contributed by atoms with E-state index in [2.05, 4.69) is 62.4 Å². The predicted molar refractivity (Wildman–Crippen MR) is 88.1 cm³/mol. The highest BCUT2D eigenvalue weighted by Crippen LogP contribution is 2.51. The summed E-state index contributed by atoms with van der Waals surface area (Å²) in [6.07, 6.45) is 0. The van der Waals surface area contributed by atoms with Gasteiger partial charge in [-0.1, -0.05) is 0 Å². The molecule has 0 aromatic heterocycles. The molecule has 3 rings (SSSR count). The van der Waals surface area contributed by atoms with Gasteiger partial charge in [-0.25, -0.2) is 0 Å². The third-order valence-corrected chi connectivity index (χ3v) is 5.94. The molecule has 126 valence electrons. The van der Waals surface area contributed by atoms with Gasteiger partial charge in [0.1, 0.15) is 0 Å². The maximum absolute atomic E-state index is 6.53. The van der Waals surface area contributed by atoms with Gasteiger partial charge in [-0.3, -0.25) is 0 Å².